The fourth-order valence-electron chi connectivity index (χ4n) is 3.27. The van der Waals surface area contributed by atoms with E-state index in [9.17, 15) is 5.11 Å². The van der Waals surface area contributed by atoms with Crippen molar-refractivity contribution in [3.63, 3.8) is 0 Å². The van der Waals surface area contributed by atoms with Crippen molar-refractivity contribution in [2.75, 3.05) is 13.1 Å². The third-order valence-electron chi connectivity index (χ3n) is 4.39. The summed E-state index contributed by atoms with van der Waals surface area (Å²) in [4.78, 5) is 2.58. The molecule has 1 heterocycles. The van der Waals surface area contributed by atoms with E-state index in [1.807, 2.05) is 0 Å². The Morgan fingerprint density at radius 3 is 2.62 bits per heavy atom. The van der Waals surface area contributed by atoms with Crippen LogP contribution in [0.5, 0.6) is 5.75 Å². The third kappa shape index (κ3) is 2.96. The van der Waals surface area contributed by atoms with Crippen LogP contribution in [0.15, 0.2) is 48.5 Å². The van der Waals surface area contributed by atoms with Crippen LogP contribution >= 0.6 is 0 Å². The number of benzene rings is 2. The molecule has 0 aromatic heterocycles. The van der Waals surface area contributed by atoms with Crippen LogP contribution in [0, 0.1) is 0 Å². The van der Waals surface area contributed by atoms with Crippen LogP contribution < -0.4 is 0 Å². The van der Waals surface area contributed by atoms with Gasteiger partial charge < -0.3 is 5.11 Å². The molecule has 0 fully saturated rings. The lowest BCUT2D eigenvalue weighted by molar-refractivity contribution is 0.210. The monoisotopic (exact) mass is 281 g/mol. The van der Waals surface area contributed by atoms with E-state index in [4.69, 9.17) is 0 Å². The molecule has 1 aliphatic rings. The quantitative estimate of drug-likeness (QED) is 0.910. The van der Waals surface area contributed by atoms with Crippen molar-refractivity contribution in [2.24, 2.45) is 0 Å². The van der Waals surface area contributed by atoms with Crippen molar-refractivity contribution in [1.29, 1.82) is 0 Å². The lowest BCUT2D eigenvalue weighted by Crippen LogP contribution is -2.36. The van der Waals surface area contributed by atoms with Gasteiger partial charge in [0, 0.05) is 6.54 Å². The van der Waals surface area contributed by atoms with Crippen molar-refractivity contribution < 1.29 is 5.11 Å². The number of hydrogen-bond donors (Lipinski definition) is 1. The van der Waals surface area contributed by atoms with Gasteiger partial charge in [-0.2, -0.15) is 0 Å². The molecule has 3 rings (SSSR count). The molecule has 0 aliphatic carbocycles. The number of fused-ring (bicyclic) bond motifs is 1. The van der Waals surface area contributed by atoms with Crippen LogP contribution in [0.25, 0.3) is 0 Å². The Kier molecular flexibility index (Phi) is 4.26. The highest BCUT2D eigenvalue weighted by Gasteiger charge is 2.27. The molecule has 0 spiro atoms. The van der Waals surface area contributed by atoms with E-state index in [1.165, 1.54) is 29.5 Å². The van der Waals surface area contributed by atoms with Gasteiger partial charge in [0.2, 0.25) is 0 Å². The molecule has 2 nitrogen and oxygen atoms in total. The first-order valence-corrected chi connectivity index (χ1v) is 7.90. The second-order valence-electron chi connectivity index (χ2n) is 5.83. The molecule has 21 heavy (non-hydrogen) atoms. The lowest BCUT2D eigenvalue weighted by Gasteiger charge is -2.37. The van der Waals surface area contributed by atoms with E-state index < -0.39 is 0 Å². The Hall–Kier alpha value is -1.80. The third-order valence-corrected chi connectivity index (χ3v) is 4.39. The van der Waals surface area contributed by atoms with Crippen molar-refractivity contribution in [2.45, 2.75) is 32.2 Å². The first-order chi connectivity index (χ1) is 10.3. The fourth-order valence-corrected chi connectivity index (χ4v) is 3.27. The Balaban J connectivity index is 1.99. The molecular weight excluding hydrogens is 258 g/mol. The van der Waals surface area contributed by atoms with Crippen LogP contribution in [0.3, 0.4) is 0 Å². The Labute approximate surface area is 127 Å². The summed E-state index contributed by atoms with van der Waals surface area (Å²) < 4.78 is 0. The molecule has 0 radical (unpaired) electrons. The van der Waals surface area contributed by atoms with Gasteiger partial charge in [-0.05, 0) is 48.2 Å². The normalized spacial score (nSPS) is 18.4. The number of unbranched alkanes of at least 4 members (excludes halogenated alkanes) is 1. The van der Waals surface area contributed by atoms with Gasteiger partial charge in [-0.1, -0.05) is 49.7 Å². The zero-order chi connectivity index (χ0) is 14.7. The SMILES string of the molecule is CCCCN1CCc2ccccc2C1c1ccc(O)cc1. The molecule has 2 aromatic rings. The predicted molar refractivity (Wildman–Crippen MR) is 86.6 cm³/mol. The zero-order valence-electron chi connectivity index (χ0n) is 12.6. The summed E-state index contributed by atoms with van der Waals surface area (Å²) >= 11 is 0. The summed E-state index contributed by atoms with van der Waals surface area (Å²) in [5.41, 5.74) is 4.16. The van der Waals surface area contributed by atoms with Crippen molar-refractivity contribution >= 4 is 0 Å². The Bertz CT molecular complexity index is 591. The van der Waals surface area contributed by atoms with Gasteiger partial charge in [0.25, 0.3) is 0 Å². The molecule has 1 unspecified atom stereocenters. The molecule has 0 bridgehead atoms. The largest absolute Gasteiger partial charge is 0.508 e. The van der Waals surface area contributed by atoms with Gasteiger partial charge in [-0.25, -0.2) is 0 Å². The number of phenols is 1. The molecule has 2 heteroatoms. The van der Waals surface area contributed by atoms with E-state index in [0.29, 0.717) is 11.8 Å². The van der Waals surface area contributed by atoms with Gasteiger partial charge >= 0.3 is 0 Å². The van der Waals surface area contributed by atoms with Gasteiger partial charge in [0.05, 0.1) is 6.04 Å². The highest BCUT2D eigenvalue weighted by Crippen LogP contribution is 2.35. The van der Waals surface area contributed by atoms with E-state index in [2.05, 4.69) is 48.2 Å². The minimum absolute atomic E-state index is 0.321. The number of hydrogen-bond acceptors (Lipinski definition) is 2. The second kappa shape index (κ2) is 6.31. The highest BCUT2D eigenvalue weighted by molar-refractivity contribution is 5.41. The van der Waals surface area contributed by atoms with Crippen molar-refractivity contribution in [1.82, 2.24) is 4.90 Å². The molecule has 0 saturated carbocycles. The number of phenolic OH excluding ortho intramolecular Hbond substituents is 1. The van der Waals surface area contributed by atoms with E-state index in [-0.39, 0.29) is 0 Å². The zero-order valence-corrected chi connectivity index (χ0v) is 12.6. The molecule has 110 valence electrons. The van der Waals surface area contributed by atoms with Gasteiger partial charge in [-0.15, -0.1) is 0 Å². The first-order valence-electron chi connectivity index (χ1n) is 7.90. The van der Waals surface area contributed by atoms with Gasteiger partial charge in [0.1, 0.15) is 5.75 Å². The minimum Gasteiger partial charge on any atom is -0.508 e. The molecule has 0 saturated heterocycles. The van der Waals surface area contributed by atoms with Crippen LogP contribution in [-0.4, -0.2) is 23.1 Å². The average Bonchev–Trinajstić information content (AvgIpc) is 2.53. The molecule has 1 aliphatic heterocycles. The Morgan fingerprint density at radius 1 is 1.10 bits per heavy atom. The average molecular weight is 281 g/mol. The summed E-state index contributed by atoms with van der Waals surface area (Å²) in [7, 11) is 0. The van der Waals surface area contributed by atoms with Crippen molar-refractivity contribution in [3.8, 4) is 5.75 Å². The van der Waals surface area contributed by atoms with Gasteiger partial charge in [-0.3, -0.25) is 4.90 Å². The van der Waals surface area contributed by atoms with Crippen LogP contribution in [-0.2, 0) is 6.42 Å². The molecule has 1 N–H and O–H groups in total. The summed E-state index contributed by atoms with van der Waals surface area (Å²) in [6, 6.07) is 16.8. The van der Waals surface area contributed by atoms with E-state index >= 15 is 0 Å². The fraction of sp³-hybridized carbons (Fsp3) is 0.368. The topological polar surface area (TPSA) is 23.5 Å². The van der Waals surface area contributed by atoms with Crippen LogP contribution in [0.4, 0.5) is 0 Å². The van der Waals surface area contributed by atoms with Gasteiger partial charge in [0.15, 0.2) is 0 Å². The molecule has 1 atom stereocenters. The van der Waals surface area contributed by atoms with Crippen LogP contribution in [0.1, 0.15) is 42.5 Å². The maximum atomic E-state index is 9.54. The number of aromatic hydroxyl groups is 1. The summed E-state index contributed by atoms with van der Waals surface area (Å²) in [6.45, 7) is 4.49. The second-order valence-corrected chi connectivity index (χ2v) is 5.83. The predicted octanol–water partition coefficient (Wildman–Crippen LogP) is 4.14. The standard InChI is InChI=1S/C19H23NO/c1-2-3-13-20-14-12-15-6-4-5-7-18(15)19(20)16-8-10-17(21)11-9-16/h4-11,19,21H,2-3,12-14H2,1H3. The number of rotatable bonds is 4. The smallest absolute Gasteiger partial charge is 0.115 e. The maximum absolute atomic E-state index is 9.54. The first kappa shape index (κ1) is 14.2. The maximum Gasteiger partial charge on any atom is 0.115 e. The van der Waals surface area contributed by atoms with Crippen LogP contribution in [0.2, 0.25) is 0 Å². The Morgan fingerprint density at radius 2 is 1.86 bits per heavy atom. The molecule has 0 amide bonds. The highest BCUT2D eigenvalue weighted by atomic mass is 16.3. The van der Waals surface area contributed by atoms with Crippen molar-refractivity contribution in [3.05, 3.63) is 65.2 Å². The summed E-state index contributed by atoms with van der Waals surface area (Å²) in [6.07, 6.45) is 3.59. The lowest BCUT2D eigenvalue weighted by atomic mass is 9.88. The van der Waals surface area contributed by atoms with E-state index in [1.54, 1.807) is 12.1 Å². The molecule has 2 aromatic carbocycles. The number of nitrogens with zero attached hydrogens (tertiary/aromatic N) is 1. The molecular formula is C19H23NO. The summed E-state index contributed by atoms with van der Waals surface area (Å²) in [5.74, 6) is 0.336. The minimum atomic E-state index is 0.321. The summed E-state index contributed by atoms with van der Waals surface area (Å²) in [5, 5.41) is 9.54. The van der Waals surface area contributed by atoms with E-state index in [0.717, 1.165) is 19.5 Å².